The number of ether oxygens (including phenoxy) is 3. The molecular formula is C34H50N4O11. The number of aliphatic hydroxyl groups is 3. The van der Waals surface area contributed by atoms with Crippen molar-refractivity contribution in [2.45, 2.75) is 94.2 Å². The SMILES string of the molecule is CC(=O)N[C@H]1[C@H]([C@H](O)[C@H](O)CNC(=O)c2ccc3occc3c2)O[C@@](CCN2CCOC[C@@]23CCN(COC(C)(C)C)C3)(C(=O)O)C[C@@H]1O. The topological polar surface area (TPSA) is 203 Å². The van der Waals surface area contributed by atoms with Gasteiger partial charge < -0.3 is 49.7 Å². The first kappa shape index (κ1) is 37.1. The van der Waals surface area contributed by atoms with Gasteiger partial charge in [-0.25, -0.2) is 4.79 Å². The van der Waals surface area contributed by atoms with E-state index in [4.69, 9.17) is 18.6 Å². The molecular weight excluding hydrogens is 640 g/mol. The monoisotopic (exact) mass is 690 g/mol. The lowest BCUT2D eigenvalue weighted by Gasteiger charge is -2.49. The van der Waals surface area contributed by atoms with Gasteiger partial charge >= 0.3 is 5.97 Å². The number of hydrogen-bond acceptors (Lipinski definition) is 12. The third kappa shape index (κ3) is 8.60. The molecule has 6 N–H and O–H groups in total. The number of hydrogen-bond donors (Lipinski definition) is 6. The number of carboxylic acid groups (broad SMARTS) is 1. The Kier molecular flexibility index (Phi) is 11.4. The Hall–Kier alpha value is -3.15. The average molecular weight is 691 g/mol. The highest BCUT2D eigenvalue weighted by Gasteiger charge is 2.55. The van der Waals surface area contributed by atoms with Crippen molar-refractivity contribution in [1.29, 1.82) is 0 Å². The standard InChI is InChI=1S/C34H50N4O11/c1-21(39)36-27-24(40)16-34(31(44)45,9-11-38-12-14-46-19-33(38)8-10-37(18-33)20-48-32(2,3)4)49-29(27)28(42)25(41)17-35-30(43)23-5-6-26-22(15-23)7-13-47-26/h5-7,13,15,24-25,27-29,40-42H,8-12,14,16-20H2,1-4H3,(H,35,43)(H,36,39)(H,44,45)/t24-,25+,27+,28+,29+,33-,34+/m0/s1. The molecule has 4 heterocycles. The minimum absolute atomic E-state index is 0.0427. The van der Waals surface area contributed by atoms with Crippen LogP contribution in [0.2, 0.25) is 0 Å². The number of benzene rings is 1. The van der Waals surface area contributed by atoms with Crippen LogP contribution in [0, 0.1) is 0 Å². The summed E-state index contributed by atoms with van der Waals surface area (Å²) in [6, 6.07) is 5.29. The first-order valence-electron chi connectivity index (χ1n) is 16.8. The number of carbonyl (C=O) groups is 3. The fourth-order valence-corrected chi connectivity index (χ4v) is 7.05. The predicted molar refractivity (Wildman–Crippen MR) is 176 cm³/mol. The number of likely N-dealkylation sites (tertiary alicyclic amines) is 1. The molecule has 0 radical (unpaired) electrons. The summed E-state index contributed by atoms with van der Waals surface area (Å²) >= 11 is 0. The van der Waals surface area contributed by atoms with Crippen molar-refractivity contribution in [2.24, 2.45) is 0 Å². The number of carbonyl (C=O) groups excluding carboxylic acids is 2. The summed E-state index contributed by atoms with van der Waals surface area (Å²) < 4.78 is 23.4. The maximum Gasteiger partial charge on any atom is 0.336 e. The average Bonchev–Trinajstić information content (AvgIpc) is 3.69. The molecule has 7 atom stereocenters. The number of morpholine rings is 1. The highest BCUT2D eigenvalue weighted by molar-refractivity contribution is 5.97. The van der Waals surface area contributed by atoms with Gasteiger partial charge in [0.15, 0.2) is 5.60 Å². The van der Waals surface area contributed by atoms with Crippen molar-refractivity contribution in [2.75, 3.05) is 52.7 Å². The van der Waals surface area contributed by atoms with E-state index in [9.17, 15) is 34.8 Å². The van der Waals surface area contributed by atoms with E-state index < -0.39 is 60.4 Å². The highest BCUT2D eigenvalue weighted by Crippen LogP contribution is 2.37. The molecule has 272 valence electrons. The van der Waals surface area contributed by atoms with Gasteiger partial charge in [0.05, 0.1) is 55.6 Å². The molecule has 0 bridgehead atoms. The van der Waals surface area contributed by atoms with Gasteiger partial charge in [-0.2, -0.15) is 0 Å². The van der Waals surface area contributed by atoms with Crippen LogP contribution in [-0.2, 0) is 23.8 Å². The van der Waals surface area contributed by atoms with E-state index in [2.05, 4.69) is 20.4 Å². The number of carboxylic acids is 1. The molecule has 3 saturated heterocycles. The summed E-state index contributed by atoms with van der Waals surface area (Å²) in [4.78, 5) is 42.3. The van der Waals surface area contributed by atoms with Gasteiger partial charge in [0.25, 0.3) is 5.91 Å². The maximum absolute atomic E-state index is 13.0. The van der Waals surface area contributed by atoms with Gasteiger partial charge in [-0.15, -0.1) is 0 Å². The van der Waals surface area contributed by atoms with E-state index >= 15 is 0 Å². The zero-order chi connectivity index (χ0) is 35.6. The van der Waals surface area contributed by atoms with Crippen LogP contribution in [0.1, 0.15) is 57.3 Å². The number of rotatable bonds is 12. The maximum atomic E-state index is 13.0. The van der Waals surface area contributed by atoms with Crippen molar-refractivity contribution in [3.8, 4) is 0 Å². The Labute approximate surface area is 285 Å². The largest absolute Gasteiger partial charge is 0.479 e. The normalized spacial score (nSPS) is 29.6. The first-order valence-corrected chi connectivity index (χ1v) is 16.8. The molecule has 1 aromatic heterocycles. The zero-order valence-electron chi connectivity index (χ0n) is 28.6. The molecule has 0 saturated carbocycles. The number of aliphatic hydroxyl groups excluding tert-OH is 3. The Balaban J connectivity index is 1.28. The second-order valence-electron chi connectivity index (χ2n) is 14.5. The quantitative estimate of drug-likeness (QED) is 0.178. The van der Waals surface area contributed by atoms with Crippen LogP contribution in [0.5, 0.6) is 0 Å². The summed E-state index contributed by atoms with van der Waals surface area (Å²) in [6.07, 6.45) is -4.48. The second-order valence-corrected chi connectivity index (χ2v) is 14.5. The van der Waals surface area contributed by atoms with E-state index in [1.54, 1.807) is 24.3 Å². The van der Waals surface area contributed by atoms with E-state index in [0.29, 0.717) is 56.1 Å². The van der Waals surface area contributed by atoms with Crippen molar-refractivity contribution in [3.05, 3.63) is 36.1 Å². The summed E-state index contributed by atoms with van der Waals surface area (Å²) in [7, 11) is 0. The number of nitrogens with one attached hydrogen (secondary N) is 2. The van der Waals surface area contributed by atoms with Gasteiger partial charge in [0.1, 0.15) is 17.8 Å². The number of aliphatic carboxylic acids is 1. The lowest BCUT2D eigenvalue weighted by Crippen LogP contribution is -2.68. The molecule has 15 heteroatoms. The van der Waals surface area contributed by atoms with Crippen LogP contribution in [0.3, 0.4) is 0 Å². The molecule has 3 fully saturated rings. The van der Waals surface area contributed by atoms with Crippen molar-refractivity contribution < 1.29 is 53.4 Å². The van der Waals surface area contributed by atoms with Crippen LogP contribution in [0.15, 0.2) is 34.9 Å². The Morgan fingerprint density at radius 2 is 1.94 bits per heavy atom. The molecule has 5 rings (SSSR count). The summed E-state index contributed by atoms with van der Waals surface area (Å²) in [5.74, 6) is -2.40. The third-order valence-corrected chi connectivity index (χ3v) is 9.77. The molecule has 0 aliphatic carbocycles. The van der Waals surface area contributed by atoms with Gasteiger partial charge in [0, 0.05) is 63.4 Å². The number of fused-ring (bicyclic) bond motifs is 1. The Morgan fingerprint density at radius 1 is 1.16 bits per heavy atom. The Morgan fingerprint density at radius 3 is 2.65 bits per heavy atom. The lowest BCUT2D eigenvalue weighted by molar-refractivity contribution is -0.231. The minimum atomic E-state index is -1.95. The van der Waals surface area contributed by atoms with Crippen molar-refractivity contribution in [3.63, 3.8) is 0 Å². The highest BCUT2D eigenvalue weighted by atomic mass is 16.6. The summed E-state index contributed by atoms with van der Waals surface area (Å²) in [5, 5.41) is 50.0. The van der Waals surface area contributed by atoms with E-state index in [1.165, 1.54) is 13.2 Å². The number of nitrogens with zero attached hydrogens (tertiary/aromatic N) is 2. The van der Waals surface area contributed by atoms with Gasteiger partial charge in [-0.3, -0.25) is 19.4 Å². The number of amides is 2. The summed E-state index contributed by atoms with van der Waals surface area (Å²) in [6.45, 7) is 10.5. The molecule has 0 unspecified atom stereocenters. The fraction of sp³-hybridized carbons (Fsp3) is 0.676. The molecule has 1 aromatic carbocycles. The van der Waals surface area contributed by atoms with Crippen LogP contribution >= 0.6 is 0 Å². The fourth-order valence-electron chi connectivity index (χ4n) is 7.05. The molecule has 3 aliphatic heterocycles. The van der Waals surface area contributed by atoms with Gasteiger partial charge in [0.2, 0.25) is 5.91 Å². The lowest BCUT2D eigenvalue weighted by atomic mass is 9.81. The van der Waals surface area contributed by atoms with Gasteiger partial charge in [-0.1, -0.05) is 0 Å². The predicted octanol–water partition coefficient (Wildman–Crippen LogP) is 0.302. The zero-order valence-corrected chi connectivity index (χ0v) is 28.6. The minimum Gasteiger partial charge on any atom is -0.479 e. The molecule has 1 spiro atoms. The van der Waals surface area contributed by atoms with E-state index in [1.807, 2.05) is 20.8 Å². The van der Waals surface area contributed by atoms with Crippen LogP contribution in [0.4, 0.5) is 0 Å². The molecule has 3 aliphatic rings. The van der Waals surface area contributed by atoms with E-state index in [-0.39, 0.29) is 24.0 Å². The molecule has 15 nitrogen and oxygen atoms in total. The van der Waals surface area contributed by atoms with E-state index in [0.717, 1.165) is 13.0 Å². The van der Waals surface area contributed by atoms with Crippen molar-refractivity contribution in [1.82, 2.24) is 20.4 Å². The summed E-state index contributed by atoms with van der Waals surface area (Å²) in [5.41, 5.74) is -1.70. The van der Waals surface area contributed by atoms with Crippen LogP contribution in [0.25, 0.3) is 11.0 Å². The first-order chi connectivity index (χ1) is 23.1. The second kappa shape index (κ2) is 15.0. The molecule has 2 amide bonds. The Bertz CT molecular complexity index is 1480. The molecule has 2 aromatic rings. The number of furan rings is 1. The van der Waals surface area contributed by atoms with Crippen LogP contribution in [-0.4, -0.2) is 148 Å². The van der Waals surface area contributed by atoms with Crippen molar-refractivity contribution >= 4 is 28.8 Å². The molecule has 49 heavy (non-hydrogen) atoms. The van der Waals surface area contributed by atoms with Gasteiger partial charge in [-0.05, 0) is 51.5 Å². The van der Waals surface area contributed by atoms with Crippen LogP contribution < -0.4 is 10.6 Å². The third-order valence-electron chi connectivity index (χ3n) is 9.77. The smallest absolute Gasteiger partial charge is 0.336 e.